The van der Waals surface area contributed by atoms with Gasteiger partial charge in [0.05, 0.1) is 23.8 Å². The SMILES string of the molecule is CCOC(=O)C[C@H]1c2ccc(C)cc2[C@@H](C(F)(F)F)N1S(=O)C(C)(C)C. The molecule has 3 atom stereocenters. The molecular weight excluding hydrogens is 367 g/mol. The van der Waals surface area contributed by atoms with Gasteiger partial charge in [0.25, 0.3) is 0 Å². The Hall–Kier alpha value is -1.41. The highest BCUT2D eigenvalue weighted by atomic mass is 32.2. The van der Waals surface area contributed by atoms with Gasteiger partial charge in [0.2, 0.25) is 0 Å². The number of alkyl halides is 3. The molecule has 1 aromatic carbocycles. The van der Waals surface area contributed by atoms with Crippen molar-refractivity contribution < 1.29 is 26.9 Å². The highest BCUT2D eigenvalue weighted by Gasteiger charge is 2.56. The third kappa shape index (κ3) is 4.11. The number of carbonyl (C=O) groups is 1. The molecule has 1 aromatic rings. The van der Waals surface area contributed by atoms with E-state index in [1.165, 1.54) is 6.07 Å². The second-order valence-corrected chi connectivity index (χ2v) is 9.47. The quantitative estimate of drug-likeness (QED) is 0.716. The number of rotatable bonds is 4. The van der Waals surface area contributed by atoms with Gasteiger partial charge in [-0.05, 0) is 45.7 Å². The molecule has 0 radical (unpaired) electrons. The second-order valence-electron chi connectivity index (χ2n) is 7.32. The predicted molar refractivity (Wildman–Crippen MR) is 93.7 cm³/mol. The molecule has 8 heteroatoms. The lowest BCUT2D eigenvalue weighted by Gasteiger charge is -2.35. The first-order valence-electron chi connectivity index (χ1n) is 8.41. The molecule has 1 aliphatic rings. The summed E-state index contributed by atoms with van der Waals surface area (Å²) in [5.74, 6) is -0.609. The van der Waals surface area contributed by atoms with E-state index in [9.17, 15) is 22.2 Å². The summed E-state index contributed by atoms with van der Waals surface area (Å²) in [6.45, 7) is 8.33. The van der Waals surface area contributed by atoms with Gasteiger partial charge in [0.1, 0.15) is 17.0 Å². The van der Waals surface area contributed by atoms with E-state index in [-0.39, 0.29) is 18.6 Å². The summed E-state index contributed by atoms with van der Waals surface area (Å²) in [5.41, 5.74) is 1.12. The number of nitrogens with zero attached hydrogens (tertiary/aromatic N) is 1. The van der Waals surface area contributed by atoms with E-state index in [1.54, 1.807) is 46.8 Å². The maximum Gasteiger partial charge on any atom is 0.409 e. The van der Waals surface area contributed by atoms with E-state index >= 15 is 0 Å². The van der Waals surface area contributed by atoms with Gasteiger partial charge in [0.15, 0.2) is 0 Å². The molecule has 0 aromatic heterocycles. The average Bonchev–Trinajstić information content (AvgIpc) is 2.79. The van der Waals surface area contributed by atoms with Crippen molar-refractivity contribution in [2.24, 2.45) is 0 Å². The van der Waals surface area contributed by atoms with Crippen LogP contribution in [0.25, 0.3) is 0 Å². The van der Waals surface area contributed by atoms with E-state index in [1.807, 2.05) is 0 Å². The number of halogens is 3. The molecule has 0 N–H and O–H groups in total. The Kier molecular flexibility index (Phi) is 5.87. The molecule has 1 unspecified atom stereocenters. The van der Waals surface area contributed by atoms with Crippen molar-refractivity contribution in [2.75, 3.05) is 6.61 Å². The van der Waals surface area contributed by atoms with E-state index in [2.05, 4.69) is 0 Å². The minimum Gasteiger partial charge on any atom is -0.466 e. The first-order valence-corrected chi connectivity index (χ1v) is 9.51. The van der Waals surface area contributed by atoms with Gasteiger partial charge >= 0.3 is 12.1 Å². The molecule has 1 heterocycles. The van der Waals surface area contributed by atoms with Gasteiger partial charge in [-0.1, -0.05) is 23.8 Å². The monoisotopic (exact) mass is 391 g/mol. The Morgan fingerprint density at radius 2 is 1.85 bits per heavy atom. The number of carbonyl (C=O) groups excluding carboxylic acids is 1. The molecule has 4 nitrogen and oxygen atoms in total. The Balaban J connectivity index is 2.61. The second kappa shape index (κ2) is 7.31. The van der Waals surface area contributed by atoms with Crippen molar-refractivity contribution in [3.8, 4) is 0 Å². The van der Waals surface area contributed by atoms with Crippen LogP contribution in [0.4, 0.5) is 13.2 Å². The molecule has 0 aliphatic carbocycles. The molecule has 146 valence electrons. The highest BCUT2D eigenvalue weighted by Crippen LogP contribution is 2.53. The minimum absolute atomic E-state index is 0.0596. The van der Waals surface area contributed by atoms with Gasteiger partial charge in [-0.25, -0.2) is 4.21 Å². The smallest absolute Gasteiger partial charge is 0.409 e. The van der Waals surface area contributed by atoms with Crippen LogP contribution in [0.3, 0.4) is 0 Å². The molecule has 1 aliphatic heterocycles. The van der Waals surface area contributed by atoms with Crippen LogP contribution < -0.4 is 0 Å². The molecule has 0 saturated carbocycles. The fraction of sp³-hybridized carbons (Fsp3) is 0.611. The Morgan fingerprint density at radius 1 is 1.23 bits per heavy atom. The Morgan fingerprint density at radius 3 is 2.35 bits per heavy atom. The molecule has 26 heavy (non-hydrogen) atoms. The van der Waals surface area contributed by atoms with Crippen LogP contribution >= 0.6 is 0 Å². The number of benzene rings is 1. The predicted octanol–water partition coefficient (Wildman–Crippen LogP) is 4.37. The summed E-state index contributed by atoms with van der Waals surface area (Å²) in [4.78, 5) is 12.0. The van der Waals surface area contributed by atoms with Crippen molar-refractivity contribution >= 4 is 17.0 Å². The summed E-state index contributed by atoms with van der Waals surface area (Å²) < 4.78 is 59.8. The summed E-state index contributed by atoms with van der Waals surface area (Å²) >= 11 is 0. The van der Waals surface area contributed by atoms with Crippen molar-refractivity contribution in [3.63, 3.8) is 0 Å². The lowest BCUT2D eigenvalue weighted by molar-refractivity contribution is -0.174. The molecule has 0 bridgehead atoms. The van der Waals surface area contributed by atoms with Crippen LogP contribution in [0, 0.1) is 6.92 Å². The maximum atomic E-state index is 13.9. The topological polar surface area (TPSA) is 46.6 Å². The number of hydrogen-bond acceptors (Lipinski definition) is 3. The molecule has 2 rings (SSSR count). The molecule has 0 amide bonds. The lowest BCUT2D eigenvalue weighted by Crippen LogP contribution is -2.43. The number of aryl methyl sites for hydroxylation is 1. The number of ether oxygens (including phenoxy) is 1. The Labute approximate surface area is 154 Å². The normalized spacial score (nSPS) is 22.2. The molecule has 0 fully saturated rings. The van der Waals surface area contributed by atoms with Crippen LogP contribution in [0.2, 0.25) is 0 Å². The molecule has 0 saturated heterocycles. The van der Waals surface area contributed by atoms with Gasteiger partial charge in [-0.15, -0.1) is 0 Å². The van der Waals surface area contributed by atoms with Crippen LogP contribution in [-0.2, 0) is 20.5 Å². The summed E-state index contributed by atoms with van der Waals surface area (Å²) in [5, 5.41) is 0. The third-order valence-electron chi connectivity index (χ3n) is 4.15. The van der Waals surface area contributed by atoms with Crippen molar-refractivity contribution in [3.05, 3.63) is 34.9 Å². The Bertz CT molecular complexity index is 713. The number of esters is 1. The zero-order chi connectivity index (χ0) is 19.9. The average molecular weight is 391 g/mol. The minimum atomic E-state index is -4.62. The van der Waals surface area contributed by atoms with E-state index in [0.717, 1.165) is 4.31 Å². The molecule has 0 spiro atoms. The maximum absolute atomic E-state index is 13.9. The van der Waals surface area contributed by atoms with Gasteiger partial charge in [-0.3, -0.25) is 4.79 Å². The number of fused-ring (bicyclic) bond motifs is 1. The zero-order valence-corrected chi connectivity index (χ0v) is 16.3. The van der Waals surface area contributed by atoms with Gasteiger partial charge in [-0.2, -0.15) is 17.5 Å². The fourth-order valence-corrected chi connectivity index (χ4v) is 4.59. The van der Waals surface area contributed by atoms with E-state index < -0.39 is 40.0 Å². The van der Waals surface area contributed by atoms with Crippen LogP contribution in [0.5, 0.6) is 0 Å². The summed E-state index contributed by atoms with van der Waals surface area (Å²) in [6.07, 6.45) is -4.90. The lowest BCUT2D eigenvalue weighted by atomic mass is 9.98. The number of hydrogen-bond donors (Lipinski definition) is 0. The van der Waals surface area contributed by atoms with Crippen LogP contribution in [0.1, 0.15) is 62.9 Å². The summed E-state index contributed by atoms with van der Waals surface area (Å²) in [7, 11) is -1.97. The van der Waals surface area contributed by atoms with Crippen molar-refractivity contribution in [1.82, 2.24) is 4.31 Å². The van der Waals surface area contributed by atoms with Crippen molar-refractivity contribution in [2.45, 2.75) is 64.0 Å². The van der Waals surface area contributed by atoms with Crippen LogP contribution in [0.15, 0.2) is 18.2 Å². The highest BCUT2D eigenvalue weighted by molar-refractivity contribution is 7.84. The first-order chi connectivity index (χ1) is 11.9. The fourth-order valence-electron chi connectivity index (χ4n) is 3.11. The summed E-state index contributed by atoms with van der Waals surface area (Å²) in [6, 6.07) is 1.79. The van der Waals surface area contributed by atoms with E-state index in [4.69, 9.17) is 4.74 Å². The van der Waals surface area contributed by atoms with Gasteiger partial charge in [0, 0.05) is 0 Å². The first kappa shape index (κ1) is 20.9. The standard InChI is InChI=1S/C18H24F3NO3S/c1-6-25-15(23)10-14-12-8-7-11(2)9-13(12)16(18(19,20)21)22(14)26(24)17(3,4)5/h7-9,14,16H,6,10H2,1-5H3/t14-,16-,26?/m0/s1. The van der Waals surface area contributed by atoms with Gasteiger partial charge < -0.3 is 4.74 Å². The molecular formula is C18H24F3NO3S. The zero-order valence-electron chi connectivity index (χ0n) is 15.5. The van der Waals surface area contributed by atoms with E-state index in [0.29, 0.717) is 11.1 Å². The van der Waals surface area contributed by atoms with Crippen molar-refractivity contribution in [1.29, 1.82) is 0 Å². The van der Waals surface area contributed by atoms with Crippen LogP contribution in [-0.4, -0.2) is 32.0 Å². The largest absolute Gasteiger partial charge is 0.466 e. The third-order valence-corrected chi connectivity index (χ3v) is 6.04.